The zero-order valence-electron chi connectivity index (χ0n) is 5.75. The van der Waals surface area contributed by atoms with Gasteiger partial charge in [0.1, 0.15) is 4.45 Å². The molecule has 0 saturated heterocycles. The van der Waals surface area contributed by atoms with Gasteiger partial charge in [-0.1, -0.05) is 15.9 Å². The van der Waals surface area contributed by atoms with E-state index in [9.17, 15) is 4.79 Å². The van der Waals surface area contributed by atoms with Gasteiger partial charge in [-0.05, 0) is 0 Å². The lowest BCUT2D eigenvalue weighted by molar-refractivity contribution is -0.118. The third-order valence-corrected chi connectivity index (χ3v) is 1.91. The maximum Gasteiger partial charge on any atom is 0.221 e. The first-order chi connectivity index (χ1) is 5.12. The van der Waals surface area contributed by atoms with Gasteiger partial charge < -0.3 is 11.1 Å². The molecule has 1 rings (SSSR count). The molecule has 1 heterocycles. The van der Waals surface area contributed by atoms with Crippen molar-refractivity contribution in [3.8, 4) is 0 Å². The standard InChI is InChI=1S/C6H8BrN3O/c7-6(3-5(8)11)4-9-1-2-10-6/h1-2,4,10H,3H2,(H2,8,11). The quantitative estimate of drug-likeness (QED) is 0.509. The highest BCUT2D eigenvalue weighted by Gasteiger charge is 2.26. The largest absolute Gasteiger partial charge is 0.370 e. The molecule has 0 bridgehead atoms. The molecule has 0 aliphatic carbocycles. The first-order valence-corrected chi connectivity index (χ1v) is 3.86. The highest BCUT2D eigenvalue weighted by atomic mass is 79.9. The molecule has 4 nitrogen and oxygen atoms in total. The minimum atomic E-state index is -0.590. The molecule has 0 radical (unpaired) electrons. The second-order valence-electron chi connectivity index (χ2n) is 2.24. The van der Waals surface area contributed by atoms with Crippen LogP contribution in [0.3, 0.4) is 0 Å². The van der Waals surface area contributed by atoms with Crippen molar-refractivity contribution in [1.82, 2.24) is 5.32 Å². The summed E-state index contributed by atoms with van der Waals surface area (Å²) < 4.78 is -0.590. The van der Waals surface area contributed by atoms with Crippen molar-refractivity contribution in [3.63, 3.8) is 0 Å². The van der Waals surface area contributed by atoms with Gasteiger partial charge in [0.2, 0.25) is 5.91 Å². The number of carbonyl (C=O) groups is 1. The zero-order chi connectivity index (χ0) is 8.32. The third-order valence-electron chi connectivity index (χ3n) is 1.19. The number of hydrogen-bond acceptors (Lipinski definition) is 3. The van der Waals surface area contributed by atoms with Crippen LogP contribution >= 0.6 is 15.9 Å². The molecule has 60 valence electrons. The molecule has 11 heavy (non-hydrogen) atoms. The Bertz CT molecular complexity index is 226. The van der Waals surface area contributed by atoms with Crippen LogP contribution in [0.2, 0.25) is 0 Å². The second-order valence-corrected chi connectivity index (χ2v) is 3.66. The first kappa shape index (κ1) is 8.26. The fraction of sp³-hybridized carbons (Fsp3) is 0.333. The molecule has 1 amide bonds. The van der Waals surface area contributed by atoms with Crippen molar-refractivity contribution >= 4 is 28.1 Å². The Labute approximate surface area is 72.7 Å². The lowest BCUT2D eigenvalue weighted by Crippen LogP contribution is -2.42. The number of amides is 1. The van der Waals surface area contributed by atoms with Crippen molar-refractivity contribution in [2.24, 2.45) is 10.7 Å². The Kier molecular flexibility index (Phi) is 2.28. The summed E-state index contributed by atoms with van der Waals surface area (Å²) >= 11 is 3.28. The average Bonchev–Trinajstić information content (AvgIpc) is 1.85. The SMILES string of the molecule is NC(=O)CC1(Br)C=NC=CN1. The fourth-order valence-corrected chi connectivity index (χ4v) is 1.29. The van der Waals surface area contributed by atoms with Gasteiger partial charge in [0.05, 0.1) is 6.42 Å². The normalized spacial score (nSPS) is 28.1. The summed E-state index contributed by atoms with van der Waals surface area (Å²) in [5, 5.41) is 2.91. The zero-order valence-corrected chi connectivity index (χ0v) is 7.34. The minimum Gasteiger partial charge on any atom is -0.370 e. The maximum atomic E-state index is 10.5. The van der Waals surface area contributed by atoms with E-state index in [0.717, 1.165) is 0 Å². The van der Waals surface area contributed by atoms with Crippen molar-refractivity contribution in [2.75, 3.05) is 0 Å². The van der Waals surface area contributed by atoms with E-state index in [1.807, 2.05) is 0 Å². The second kappa shape index (κ2) is 3.04. The molecule has 0 aromatic rings. The minimum absolute atomic E-state index is 0.181. The number of aliphatic imine (C=N–C) groups is 1. The number of rotatable bonds is 2. The van der Waals surface area contributed by atoms with Gasteiger partial charge in [0.25, 0.3) is 0 Å². The Hall–Kier alpha value is -0.840. The van der Waals surface area contributed by atoms with E-state index in [4.69, 9.17) is 5.73 Å². The van der Waals surface area contributed by atoms with Gasteiger partial charge in [-0.15, -0.1) is 0 Å². The van der Waals surface area contributed by atoms with E-state index < -0.39 is 4.45 Å². The summed E-state index contributed by atoms with van der Waals surface area (Å²) in [4.78, 5) is 14.4. The van der Waals surface area contributed by atoms with Gasteiger partial charge >= 0.3 is 0 Å². The van der Waals surface area contributed by atoms with Crippen LogP contribution in [0.5, 0.6) is 0 Å². The monoisotopic (exact) mass is 217 g/mol. The molecule has 0 aromatic carbocycles. The van der Waals surface area contributed by atoms with Crippen LogP contribution in [0.15, 0.2) is 17.4 Å². The van der Waals surface area contributed by atoms with Gasteiger partial charge in [-0.25, -0.2) is 0 Å². The highest BCUT2D eigenvalue weighted by Crippen LogP contribution is 2.18. The number of nitrogens with one attached hydrogen (secondary N) is 1. The number of carbonyl (C=O) groups excluding carboxylic acids is 1. The Morgan fingerprint density at radius 1 is 1.82 bits per heavy atom. The van der Waals surface area contributed by atoms with Crippen LogP contribution in [0, 0.1) is 0 Å². The molecule has 0 spiro atoms. The van der Waals surface area contributed by atoms with E-state index in [2.05, 4.69) is 26.2 Å². The molecule has 1 aliphatic heterocycles. The molecule has 0 aromatic heterocycles. The Balaban J connectivity index is 2.61. The highest BCUT2D eigenvalue weighted by molar-refractivity contribution is 9.10. The van der Waals surface area contributed by atoms with Gasteiger partial charge in [0.15, 0.2) is 0 Å². The van der Waals surface area contributed by atoms with Gasteiger partial charge in [-0.2, -0.15) is 0 Å². The molecule has 0 saturated carbocycles. The maximum absolute atomic E-state index is 10.5. The topological polar surface area (TPSA) is 67.5 Å². The summed E-state index contributed by atoms with van der Waals surface area (Å²) in [5.74, 6) is -0.379. The number of alkyl halides is 1. The van der Waals surface area contributed by atoms with Crippen molar-refractivity contribution in [3.05, 3.63) is 12.4 Å². The number of halogens is 1. The van der Waals surface area contributed by atoms with E-state index in [1.165, 1.54) is 0 Å². The summed E-state index contributed by atoms with van der Waals surface area (Å²) in [6, 6.07) is 0. The molecular formula is C6H8BrN3O. The lowest BCUT2D eigenvalue weighted by Gasteiger charge is -2.23. The van der Waals surface area contributed by atoms with Crippen LogP contribution < -0.4 is 11.1 Å². The molecular weight excluding hydrogens is 210 g/mol. The van der Waals surface area contributed by atoms with E-state index in [1.54, 1.807) is 18.6 Å². The van der Waals surface area contributed by atoms with Crippen LogP contribution in [0.25, 0.3) is 0 Å². The van der Waals surface area contributed by atoms with Crippen molar-refractivity contribution < 1.29 is 4.79 Å². The predicted molar refractivity (Wildman–Crippen MR) is 46.2 cm³/mol. The summed E-state index contributed by atoms with van der Waals surface area (Å²) in [7, 11) is 0. The third kappa shape index (κ3) is 2.34. The van der Waals surface area contributed by atoms with Gasteiger partial charge in [-0.3, -0.25) is 9.79 Å². The molecule has 1 unspecified atom stereocenters. The molecule has 1 aliphatic rings. The van der Waals surface area contributed by atoms with Crippen LogP contribution in [0.4, 0.5) is 0 Å². The summed E-state index contributed by atoms with van der Waals surface area (Å²) in [6.45, 7) is 0. The fourth-order valence-electron chi connectivity index (χ4n) is 0.768. The van der Waals surface area contributed by atoms with E-state index in [-0.39, 0.29) is 12.3 Å². The van der Waals surface area contributed by atoms with E-state index in [0.29, 0.717) is 0 Å². The van der Waals surface area contributed by atoms with E-state index >= 15 is 0 Å². The number of nitrogens with zero attached hydrogens (tertiary/aromatic N) is 1. The van der Waals surface area contributed by atoms with Crippen LogP contribution in [0.1, 0.15) is 6.42 Å². The molecule has 5 heteroatoms. The summed E-state index contributed by atoms with van der Waals surface area (Å²) in [5.41, 5.74) is 5.01. The first-order valence-electron chi connectivity index (χ1n) is 3.07. The molecule has 0 fully saturated rings. The number of nitrogens with two attached hydrogens (primary N) is 1. The number of hydrogen-bond donors (Lipinski definition) is 2. The Morgan fingerprint density at radius 2 is 2.55 bits per heavy atom. The van der Waals surface area contributed by atoms with Crippen molar-refractivity contribution in [2.45, 2.75) is 10.9 Å². The predicted octanol–water partition coefficient (Wildman–Crippen LogP) is 0.0982. The van der Waals surface area contributed by atoms with Crippen LogP contribution in [-0.4, -0.2) is 16.6 Å². The average molecular weight is 218 g/mol. The van der Waals surface area contributed by atoms with Crippen molar-refractivity contribution in [1.29, 1.82) is 0 Å². The van der Waals surface area contributed by atoms with Gasteiger partial charge in [0, 0.05) is 18.6 Å². The molecule has 3 N–H and O–H groups in total. The lowest BCUT2D eigenvalue weighted by atomic mass is 10.2. The summed E-state index contributed by atoms with van der Waals surface area (Å²) in [6.07, 6.45) is 5.02. The Morgan fingerprint density at radius 3 is 3.00 bits per heavy atom. The van der Waals surface area contributed by atoms with Crippen LogP contribution in [-0.2, 0) is 4.79 Å². The smallest absolute Gasteiger partial charge is 0.221 e. The number of primary amides is 1. The molecule has 1 atom stereocenters.